The van der Waals surface area contributed by atoms with Gasteiger partial charge in [0.2, 0.25) is 0 Å². The van der Waals surface area contributed by atoms with Gasteiger partial charge in [-0.15, -0.1) is 0 Å². The number of hydrogen-bond acceptors (Lipinski definition) is 4. The van der Waals surface area contributed by atoms with Gasteiger partial charge in [-0.05, 0) is 25.8 Å². The summed E-state index contributed by atoms with van der Waals surface area (Å²) in [7, 11) is 0. The predicted molar refractivity (Wildman–Crippen MR) is 88.4 cm³/mol. The summed E-state index contributed by atoms with van der Waals surface area (Å²) in [5, 5.41) is 8.97. The van der Waals surface area contributed by atoms with Crippen molar-refractivity contribution in [2.24, 2.45) is 5.92 Å². The lowest BCUT2D eigenvalue weighted by atomic mass is 9.81. The largest absolute Gasteiger partial charge is 0.478 e. The zero-order valence-electron chi connectivity index (χ0n) is 14.0. The molecule has 132 valence electrons. The van der Waals surface area contributed by atoms with Crippen LogP contribution in [0.5, 0.6) is 0 Å². The molecule has 6 heteroatoms. The van der Waals surface area contributed by atoms with E-state index in [-0.39, 0.29) is 41.6 Å². The molecule has 0 amide bonds. The van der Waals surface area contributed by atoms with Gasteiger partial charge in [0.15, 0.2) is 11.6 Å². The Morgan fingerprint density at radius 1 is 1.32 bits per heavy atom. The van der Waals surface area contributed by atoms with Crippen LogP contribution in [0.4, 0.5) is 4.39 Å². The lowest BCUT2D eigenvalue weighted by molar-refractivity contribution is -0.134. The van der Waals surface area contributed by atoms with Crippen LogP contribution >= 0.6 is 0 Å². The van der Waals surface area contributed by atoms with E-state index in [0.717, 1.165) is 18.9 Å². The minimum Gasteiger partial charge on any atom is -0.478 e. The Bertz CT molecular complexity index is 768. The summed E-state index contributed by atoms with van der Waals surface area (Å²) in [6.45, 7) is 1.99. The van der Waals surface area contributed by atoms with E-state index < -0.39 is 17.3 Å². The fourth-order valence-electron chi connectivity index (χ4n) is 3.48. The highest BCUT2D eigenvalue weighted by molar-refractivity contribution is 6.02. The fraction of sp³-hybridized carbons (Fsp3) is 0.421. The van der Waals surface area contributed by atoms with Gasteiger partial charge >= 0.3 is 5.97 Å². The average Bonchev–Trinajstić information content (AvgIpc) is 3.40. The van der Waals surface area contributed by atoms with Crippen LogP contribution in [0.1, 0.15) is 31.7 Å². The molecule has 1 saturated carbocycles. The number of halogens is 1. The molecule has 1 aromatic carbocycles. The molecule has 1 aromatic rings. The number of benzene rings is 1. The molecule has 1 aliphatic heterocycles. The molecular weight excluding hydrogens is 325 g/mol. The first-order valence-corrected chi connectivity index (χ1v) is 8.35. The van der Waals surface area contributed by atoms with E-state index in [1.54, 1.807) is 30.0 Å². The maximum Gasteiger partial charge on any atom is 0.328 e. The number of likely N-dealkylation sites (tertiary alicyclic amines) is 1. The van der Waals surface area contributed by atoms with E-state index >= 15 is 0 Å². The normalized spacial score (nSPS) is 22.6. The van der Waals surface area contributed by atoms with Crippen LogP contribution in [-0.2, 0) is 19.9 Å². The summed E-state index contributed by atoms with van der Waals surface area (Å²) in [6, 6.07) is 6.15. The number of Topliss-reactive ketones (excluding diaryl/α,β-unsaturated/α-hetero) is 2. The smallest absolute Gasteiger partial charge is 0.328 e. The zero-order chi connectivity index (χ0) is 18.2. The Hall–Kier alpha value is -2.34. The predicted octanol–water partition coefficient (Wildman–Crippen LogP) is 2.31. The second-order valence-electron chi connectivity index (χ2n) is 6.79. The average molecular weight is 345 g/mol. The van der Waals surface area contributed by atoms with Crippen molar-refractivity contribution in [1.82, 2.24) is 4.90 Å². The van der Waals surface area contributed by atoms with Crippen molar-refractivity contribution in [3.05, 3.63) is 47.3 Å². The van der Waals surface area contributed by atoms with Crippen LogP contribution in [-0.4, -0.2) is 40.6 Å². The SMILES string of the molecule is CC(C(=O)C1CC1)(c1ccccc1F)N1CCC(=O)/C(=C\C(=O)O)C1. The van der Waals surface area contributed by atoms with E-state index in [1.165, 1.54) is 6.07 Å². The first kappa shape index (κ1) is 17.5. The number of carboxylic acid groups (broad SMARTS) is 1. The number of carbonyl (C=O) groups excluding carboxylic acids is 2. The van der Waals surface area contributed by atoms with Gasteiger partial charge in [0, 0.05) is 42.6 Å². The van der Waals surface area contributed by atoms with Crippen molar-refractivity contribution in [2.45, 2.75) is 31.7 Å². The minimum atomic E-state index is -1.22. The van der Waals surface area contributed by atoms with Crippen LogP contribution in [0.2, 0.25) is 0 Å². The van der Waals surface area contributed by atoms with Crippen molar-refractivity contribution in [2.75, 3.05) is 13.1 Å². The third kappa shape index (κ3) is 3.26. The maximum absolute atomic E-state index is 14.5. The number of carboxylic acids is 1. The molecule has 1 atom stereocenters. The maximum atomic E-state index is 14.5. The quantitative estimate of drug-likeness (QED) is 0.829. The highest BCUT2D eigenvalue weighted by atomic mass is 19.1. The monoisotopic (exact) mass is 345 g/mol. The lowest BCUT2D eigenvalue weighted by Gasteiger charge is -2.43. The van der Waals surface area contributed by atoms with Gasteiger partial charge in [0.05, 0.1) is 0 Å². The number of piperidine rings is 1. The highest BCUT2D eigenvalue weighted by Crippen LogP contribution is 2.42. The van der Waals surface area contributed by atoms with Crippen LogP contribution in [0.15, 0.2) is 35.9 Å². The number of rotatable bonds is 5. The molecule has 0 radical (unpaired) electrons. The number of aliphatic carboxylic acids is 1. The molecule has 2 fully saturated rings. The summed E-state index contributed by atoms with van der Waals surface area (Å²) in [6.07, 6.45) is 2.57. The van der Waals surface area contributed by atoms with E-state index in [0.29, 0.717) is 6.54 Å². The molecule has 1 saturated heterocycles. The number of nitrogens with zero attached hydrogens (tertiary/aromatic N) is 1. The topological polar surface area (TPSA) is 74.7 Å². The van der Waals surface area contributed by atoms with Crippen molar-refractivity contribution in [3.8, 4) is 0 Å². The molecule has 1 unspecified atom stereocenters. The van der Waals surface area contributed by atoms with Crippen LogP contribution < -0.4 is 0 Å². The first-order valence-electron chi connectivity index (χ1n) is 8.35. The summed E-state index contributed by atoms with van der Waals surface area (Å²) in [4.78, 5) is 37.8. The Kier molecular flexibility index (Phi) is 4.56. The summed E-state index contributed by atoms with van der Waals surface area (Å²) >= 11 is 0. The van der Waals surface area contributed by atoms with E-state index in [4.69, 9.17) is 5.11 Å². The summed E-state index contributed by atoms with van der Waals surface area (Å²) < 4.78 is 14.5. The van der Waals surface area contributed by atoms with Gasteiger partial charge in [-0.1, -0.05) is 18.2 Å². The minimum absolute atomic E-state index is 0.0222. The molecule has 0 bridgehead atoms. The molecular formula is C19H20FNO4. The molecule has 0 spiro atoms. The first-order chi connectivity index (χ1) is 11.8. The molecule has 1 N–H and O–H groups in total. The molecule has 1 heterocycles. The molecule has 3 rings (SSSR count). The Balaban J connectivity index is 2.03. The number of ketones is 2. The summed E-state index contributed by atoms with van der Waals surface area (Å²) in [5.41, 5.74) is -0.800. The molecule has 1 aliphatic carbocycles. The number of carbonyl (C=O) groups is 3. The van der Waals surface area contributed by atoms with Gasteiger partial charge in [0.25, 0.3) is 0 Å². The summed E-state index contributed by atoms with van der Waals surface area (Å²) in [5.74, 6) is -2.09. The van der Waals surface area contributed by atoms with Gasteiger partial charge in [-0.3, -0.25) is 14.5 Å². The van der Waals surface area contributed by atoms with Crippen LogP contribution in [0.25, 0.3) is 0 Å². The Morgan fingerprint density at radius 3 is 2.60 bits per heavy atom. The van der Waals surface area contributed by atoms with E-state index in [2.05, 4.69) is 0 Å². The van der Waals surface area contributed by atoms with Crippen molar-refractivity contribution in [1.29, 1.82) is 0 Å². The van der Waals surface area contributed by atoms with Gasteiger partial charge in [-0.25, -0.2) is 9.18 Å². The molecule has 5 nitrogen and oxygen atoms in total. The number of hydrogen-bond donors (Lipinski definition) is 1. The van der Waals surface area contributed by atoms with Crippen LogP contribution in [0, 0.1) is 11.7 Å². The highest BCUT2D eigenvalue weighted by Gasteiger charge is 2.49. The second-order valence-corrected chi connectivity index (χ2v) is 6.79. The Labute approximate surface area is 145 Å². The van der Waals surface area contributed by atoms with Crippen molar-refractivity contribution < 1.29 is 23.9 Å². The molecule has 2 aliphatic rings. The fourth-order valence-corrected chi connectivity index (χ4v) is 3.48. The van der Waals surface area contributed by atoms with Crippen molar-refractivity contribution in [3.63, 3.8) is 0 Å². The second kappa shape index (κ2) is 6.52. The third-order valence-corrected chi connectivity index (χ3v) is 5.08. The lowest BCUT2D eigenvalue weighted by Crippen LogP contribution is -2.54. The van der Waals surface area contributed by atoms with Crippen LogP contribution in [0.3, 0.4) is 0 Å². The Morgan fingerprint density at radius 2 is 2.00 bits per heavy atom. The molecule has 0 aromatic heterocycles. The van der Waals surface area contributed by atoms with Gasteiger partial charge in [-0.2, -0.15) is 0 Å². The van der Waals surface area contributed by atoms with Gasteiger partial charge in [0.1, 0.15) is 11.4 Å². The van der Waals surface area contributed by atoms with E-state index in [9.17, 15) is 18.8 Å². The van der Waals surface area contributed by atoms with Gasteiger partial charge < -0.3 is 5.11 Å². The molecule has 25 heavy (non-hydrogen) atoms. The zero-order valence-corrected chi connectivity index (χ0v) is 14.0. The third-order valence-electron chi connectivity index (χ3n) is 5.08. The standard InChI is InChI=1S/C19H20FNO4/c1-19(18(25)12-6-7-12,14-4-2-3-5-15(14)20)21-9-8-16(22)13(11-21)10-17(23)24/h2-5,10,12H,6-9,11H2,1H3,(H,23,24)/b13-10-. The van der Waals surface area contributed by atoms with E-state index in [1.807, 2.05) is 0 Å². The van der Waals surface area contributed by atoms with Crippen molar-refractivity contribution >= 4 is 17.5 Å².